The summed E-state index contributed by atoms with van der Waals surface area (Å²) >= 11 is 0. The third-order valence-corrected chi connectivity index (χ3v) is 3.05. The smallest absolute Gasteiger partial charge is 0.404 e. The van der Waals surface area contributed by atoms with Crippen LogP contribution in [-0.4, -0.2) is 40.8 Å². The van der Waals surface area contributed by atoms with Crippen LogP contribution in [0.5, 0.6) is 0 Å². The van der Waals surface area contributed by atoms with E-state index in [0.717, 1.165) is 31.7 Å². The third-order valence-electron chi connectivity index (χ3n) is 3.05. The lowest BCUT2D eigenvalue weighted by Gasteiger charge is -2.32. The second-order valence-corrected chi connectivity index (χ2v) is 4.18. The van der Waals surface area contributed by atoms with Crippen LogP contribution in [0.4, 0.5) is 10.6 Å². The zero-order chi connectivity index (χ0) is 12.1. The Balaban J connectivity index is 1.80. The van der Waals surface area contributed by atoms with E-state index in [0.29, 0.717) is 12.5 Å². The summed E-state index contributed by atoms with van der Waals surface area (Å²) in [4.78, 5) is 20.7. The van der Waals surface area contributed by atoms with E-state index in [9.17, 15) is 4.79 Å². The molecule has 1 aromatic rings. The molecule has 92 valence electrons. The molecule has 1 fully saturated rings. The molecule has 0 saturated carbocycles. The second kappa shape index (κ2) is 5.47. The van der Waals surface area contributed by atoms with E-state index in [4.69, 9.17) is 5.11 Å². The Morgan fingerprint density at radius 1 is 1.53 bits per heavy atom. The Morgan fingerprint density at radius 3 is 2.88 bits per heavy atom. The van der Waals surface area contributed by atoms with Crippen molar-refractivity contribution in [3.8, 4) is 0 Å². The van der Waals surface area contributed by atoms with E-state index in [1.54, 1.807) is 12.5 Å². The fourth-order valence-corrected chi connectivity index (χ4v) is 2.07. The van der Waals surface area contributed by atoms with Crippen LogP contribution in [0.15, 0.2) is 18.6 Å². The van der Waals surface area contributed by atoms with Gasteiger partial charge in [0, 0.05) is 25.8 Å². The van der Waals surface area contributed by atoms with Gasteiger partial charge in [0.15, 0.2) is 0 Å². The monoisotopic (exact) mass is 236 g/mol. The molecule has 0 aliphatic carbocycles. The minimum atomic E-state index is -0.941. The Bertz CT molecular complexity index is 363. The number of amides is 1. The zero-order valence-corrected chi connectivity index (χ0v) is 9.54. The van der Waals surface area contributed by atoms with Crippen LogP contribution in [0.1, 0.15) is 12.8 Å². The summed E-state index contributed by atoms with van der Waals surface area (Å²) in [6.45, 7) is 2.39. The fourth-order valence-electron chi connectivity index (χ4n) is 2.07. The molecule has 2 rings (SSSR count). The van der Waals surface area contributed by atoms with Crippen molar-refractivity contribution in [3.05, 3.63) is 18.6 Å². The molecule has 0 unspecified atom stereocenters. The normalized spacial score (nSPS) is 16.8. The second-order valence-electron chi connectivity index (χ2n) is 4.18. The van der Waals surface area contributed by atoms with Crippen LogP contribution in [0.2, 0.25) is 0 Å². The Hall–Kier alpha value is -1.85. The van der Waals surface area contributed by atoms with E-state index in [2.05, 4.69) is 20.2 Å². The van der Waals surface area contributed by atoms with Gasteiger partial charge in [-0.2, -0.15) is 0 Å². The molecule has 0 spiro atoms. The number of anilines is 1. The molecule has 1 saturated heterocycles. The van der Waals surface area contributed by atoms with E-state index >= 15 is 0 Å². The topological polar surface area (TPSA) is 78.4 Å². The van der Waals surface area contributed by atoms with Crippen LogP contribution in [-0.2, 0) is 0 Å². The van der Waals surface area contributed by atoms with Gasteiger partial charge in [0.25, 0.3) is 0 Å². The highest BCUT2D eigenvalue weighted by atomic mass is 16.4. The largest absolute Gasteiger partial charge is 0.465 e. The van der Waals surface area contributed by atoms with Crippen molar-refractivity contribution in [2.24, 2.45) is 5.92 Å². The van der Waals surface area contributed by atoms with Gasteiger partial charge in [-0.15, -0.1) is 0 Å². The highest BCUT2D eigenvalue weighted by Crippen LogP contribution is 2.20. The fraction of sp³-hybridized carbons (Fsp3) is 0.545. The summed E-state index contributed by atoms with van der Waals surface area (Å²) in [6, 6.07) is 1.90. The van der Waals surface area contributed by atoms with E-state index < -0.39 is 6.09 Å². The van der Waals surface area contributed by atoms with Crippen LogP contribution < -0.4 is 10.2 Å². The van der Waals surface area contributed by atoms with Gasteiger partial charge in [-0.25, -0.2) is 14.8 Å². The standard InChI is InChI=1S/C11H16N4O2/c16-11(17)13-7-9-2-5-15(6-3-9)10-1-4-12-8-14-10/h1,4,8-9,13H,2-3,5-7H2,(H,16,17). The van der Waals surface area contributed by atoms with Crippen LogP contribution in [0.25, 0.3) is 0 Å². The van der Waals surface area contributed by atoms with Gasteiger partial charge in [-0.05, 0) is 24.8 Å². The first-order valence-electron chi connectivity index (χ1n) is 5.73. The van der Waals surface area contributed by atoms with Gasteiger partial charge in [0.1, 0.15) is 12.1 Å². The maximum Gasteiger partial charge on any atom is 0.404 e. The minimum Gasteiger partial charge on any atom is -0.465 e. The Morgan fingerprint density at radius 2 is 2.29 bits per heavy atom. The number of carbonyl (C=O) groups is 1. The average molecular weight is 236 g/mol. The highest BCUT2D eigenvalue weighted by Gasteiger charge is 2.20. The van der Waals surface area contributed by atoms with E-state index in [1.807, 2.05) is 6.07 Å². The first kappa shape index (κ1) is 11.6. The minimum absolute atomic E-state index is 0.434. The molecular formula is C11H16N4O2. The molecule has 0 radical (unpaired) electrons. The van der Waals surface area contributed by atoms with Crippen LogP contribution >= 0.6 is 0 Å². The van der Waals surface area contributed by atoms with Crippen LogP contribution in [0.3, 0.4) is 0 Å². The van der Waals surface area contributed by atoms with E-state index in [-0.39, 0.29) is 0 Å². The van der Waals surface area contributed by atoms with Gasteiger partial charge < -0.3 is 15.3 Å². The summed E-state index contributed by atoms with van der Waals surface area (Å²) in [5.74, 6) is 1.38. The predicted molar refractivity (Wildman–Crippen MR) is 63.0 cm³/mol. The highest BCUT2D eigenvalue weighted by molar-refractivity contribution is 5.64. The summed E-state index contributed by atoms with van der Waals surface area (Å²) in [5, 5.41) is 11.0. The van der Waals surface area contributed by atoms with Crippen molar-refractivity contribution in [3.63, 3.8) is 0 Å². The molecule has 17 heavy (non-hydrogen) atoms. The SMILES string of the molecule is O=C(O)NCC1CCN(c2ccncn2)CC1. The first-order chi connectivity index (χ1) is 8.25. The lowest BCUT2D eigenvalue weighted by atomic mass is 9.97. The number of hydrogen-bond acceptors (Lipinski definition) is 4. The number of rotatable bonds is 3. The van der Waals surface area contributed by atoms with Gasteiger partial charge in [-0.3, -0.25) is 0 Å². The number of piperidine rings is 1. The molecule has 0 bridgehead atoms. The Kier molecular flexibility index (Phi) is 3.74. The molecular weight excluding hydrogens is 220 g/mol. The summed E-state index contributed by atoms with van der Waals surface area (Å²) in [6.07, 6.45) is 4.32. The maximum atomic E-state index is 10.4. The Labute approximate surface area is 99.7 Å². The number of carboxylic acid groups (broad SMARTS) is 1. The molecule has 0 atom stereocenters. The summed E-state index contributed by atoms with van der Waals surface area (Å²) in [5.41, 5.74) is 0. The first-order valence-corrected chi connectivity index (χ1v) is 5.73. The lowest BCUT2D eigenvalue weighted by molar-refractivity contribution is 0.191. The van der Waals surface area contributed by atoms with Gasteiger partial charge in [-0.1, -0.05) is 0 Å². The van der Waals surface area contributed by atoms with Crippen molar-refractivity contribution in [2.45, 2.75) is 12.8 Å². The molecule has 1 aliphatic heterocycles. The van der Waals surface area contributed by atoms with Gasteiger partial charge >= 0.3 is 6.09 Å². The number of aromatic nitrogens is 2. The van der Waals surface area contributed by atoms with Crippen molar-refractivity contribution < 1.29 is 9.90 Å². The zero-order valence-electron chi connectivity index (χ0n) is 9.54. The summed E-state index contributed by atoms with van der Waals surface area (Å²) in [7, 11) is 0. The van der Waals surface area contributed by atoms with E-state index in [1.165, 1.54) is 0 Å². The van der Waals surface area contributed by atoms with Crippen molar-refractivity contribution >= 4 is 11.9 Å². The average Bonchev–Trinajstić information content (AvgIpc) is 2.38. The molecule has 6 nitrogen and oxygen atoms in total. The lowest BCUT2D eigenvalue weighted by Crippen LogP contribution is -2.38. The molecule has 6 heteroatoms. The van der Waals surface area contributed by atoms with Gasteiger partial charge in [0.2, 0.25) is 0 Å². The maximum absolute atomic E-state index is 10.4. The molecule has 1 aliphatic rings. The molecule has 1 amide bonds. The molecule has 2 heterocycles. The molecule has 0 aromatic carbocycles. The van der Waals surface area contributed by atoms with Crippen LogP contribution in [0, 0.1) is 5.92 Å². The summed E-state index contributed by atoms with van der Waals surface area (Å²) < 4.78 is 0. The quantitative estimate of drug-likeness (QED) is 0.817. The number of nitrogens with one attached hydrogen (secondary N) is 1. The third kappa shape index (κ3) is 3.30. The molecule has 2 N–H and O–H groups in total. The van der Waals surface area contributed by atoms with Crippen molar-refractivity contribution in [1.29, 1.82) is 0 Å². The number of nitrogens with zero attached hydrogens (tertiary/aromatic N) is 3. The predicted octanol–water partition coefficient (Wildman–Crippen LogP) is 0.961. The van der Waals surface area contributed by atoms with Crippen molar-refractivity contribution in [2.75, 3.05) is 24.5 Å². The molecule has 1 aromatic heterocycles. The van der Waals surface area contributed by atoms with Gasteiger partial charge in [0.05, 0.1) is 0 Å². The van der Waals surface area contributed by atoms with Crippen molar-refractivity contribution in [1.82, 2.24) is 15.3 Å². The number of hydrogen-bond donors (Lipinski definition) is 2.